The normalized spacial score (nSPS) is 18.1. The zero-order chi connectivity index (χ0) is 25.0. The molecule has 0 bridgehead atoms. The number of para-hydroxylation sites is 1. The molecule has 190 valence electrons. The molecule has 0 unspecified atom stereocenters. The molecule has 9 heteroatoms. The van der Waals surface area contributed by atoms with E-state index in [4.69, 9.17) is 4.74 Å². The molecular weight excluding hydrogens is 474 g/mol. The number of nitrogens with zero attached hydrogens (tertiary/aromatic N) is 3. The molecule has 36 heavy (non-hydrogen) atoms. The lowest BCUT2D eigenvalue weighted by Crippen LogP contribution is -2.64. The number of carbonyl (C=O) groups excluding carboxylic acids is 2. The largest absolute Gasteiger partial charge is 0.496 e. The zero-order valence-electron chi connectivity index (χ0n) is 20.6. The molecule has 0 spiro atoms. The lowest BCUT2D eigenvalue weighted by molar-refractivity contribution is -0.144. The molecule has 0 atom stereocenters. The van der Waals surface area contributed by atoms with Crippen molar-refractivity contribution in [3.8, 4) is 16.3 Å². The lowest BCUT2D eigenvalue weighted by Gasteiger charge is -2.42. The first-order valence-corrected chi connectivity index (χ1v) is 13.5. The van der Waals surface area contributed by atoms with E-state index in [-0.39, 0.29) is 18.4 Å². The summed E-state index contributed by atoms with van der Waals surface area (Å²) in [4.78, 5) is 29.9. The molecule has 0 aliphatic carbocycles. The first-order valence-electron chi connectivity index (χ1n) is 12.6. The fourth-order valence-electron chi connectivity index (χ4n) is 5.40. The summed E-state index contributed by atoms with van der Waals surface area (Å²) in [7, 11) is 1.70. The molecule has 2 fully saturated rings. The van der Waals surface area contributed by atoms with E-state index in [2.05, 4.69) is 21.8 Å². The third-order valence-electron chi connectivity index (χ3n) is 7.33. The topological polar surface area (TPSA) is 88.5 Å². The van der Waals surface area contributed by atoms with Crippen LogP contribution >= 0.6 is 11.3 Å². The van der Waals surface area contributed by atoms with E-state index in [1.54, 1.807) is 23.1 Å². The van der Waals surface area contributed by atoms with Crippen molar-refractivity contribution >= 4 is 23.2 Å². The number of likely N-dealkylation sites (tertiary alicyclic amines) is 1. The number of benzene rings is 1. The molecule has 0 saturated carbocycles. The van der Waals surface area contributed by atoms with Gasteiger partial charge in [0.15, 0.2) is 0 Å². The third kappa shape index (κ3) is 5.17. The maximum absolute atomic E-state index is 13.8. The predicted octanol–water partition coefficient (Wildman–Crippen LogP) is 3.26. The number of rotatable bonds is 7. The molecule has 5 rings (SSSR count). The number of methoxy groups -OCH3 is 1. The Morgan fingerprint density at radius 2 is 1.92 bits per heavy atom. The smallest absolute Gasteiger partial charge is 0.248 e. The van der Waals surface area contributed by atoms with Crippen molar-refractivity contribution in [2.24, 2.45) is 0 Å². The average Bonchev–Trinajstić information content (AvgIpc) is 3.61. The number of ether oxygens (including phenoxy) is 1. The van der Waals surface area contributed by atoms with Crippen LogP contribution in [0.5, 0.6) is 5.75 Å². The molecule has 1 aromatic carbocycles. The maximum Gasteiger partial charge on any atom is 0.248 e. The summed E-state index contributed by atoms with van der Waals surface area (Å²) in [6.07, 6.45) is 4.75. The number of nitrogens with one attached hydrogen (secondary N) is 2. The Morgan fingerprint density at radius 3 is 2.64 bits per heavy atom. The molecule has 2 N–H and O–H groups in total. The maximum atomic E-state index is 13.8. The van der Waals surface area contributed by atoms with Crippen molar-refractivity contribution < 1.29 is 14.3 Å². The van der Waals surface area contributed by atoms with Gasteiger partial charge in [-0.25, -0.2) is 0 Å². The first-order chi connectivity index (χ1) is 17.6. The van der Waals surface area contributed by atoms with Crippen molar-refractivity contribution in [3.63, 3.8) is 0 Å². The van der Waals surface area contributed by atoms with Crippen LogP contribution in [0.3, 0.4) is 0 Å². The second-order valence-electron chi connectivity index (χ2n) is 9.56. The summed E-state index contributed by atoms with van der Waals surface area (Å²) < 4.78 is 7.20. The van der Waals surface area contributed by atoms with Gasteiger partial charge >= 0.3 is 0 Å². The molecule has 2 amide bonds. The number of carbonyl (C=O) groups is 2. The first kappa shape index (κ1) is 24.5. The van der Waals surface area contributed by atoms with Gasteiger partial charge in [-0.2, -0.15) is 5.10 Å². The predicted molar refractivity (Wildman–Crippen MR) is 140 cm³/mol. The van der Waals surface area contributed by atoms with Gasteiger partial charge in [0, 0.05) is 19.3 Å². The minimum atomic E-state index is -0.872. The van der Waals surface area contributed by atoms with Gasteiger partial charge in [0.2, 0.25) is 11.8 Å². The SMILES string of the molecule is COc1ccccc1C1CCN(C(=O)C2(NC(=O)Cn3ccc(-c4cccs4)n3)CCNCC2)CC1. The van der Waals surface area contributed by atoms with Gasteiger partial charge < -0.3 is 20.3 Å². The van der Waals surface area contributed by atoms with Gasteiger partial charge in [0.1, 0.15) is 23.5 Å². The number of amides is 2. The highest BCUT2D eigenvalue weighted by molar-refractivity contribution is 7.13. The van der Waals surface area contributed by atoms with E-state index in [0.29, 0.717) is 44.9 Å². The molecule has 2 aliphatic rings. The van der Waals surface area contributed by atoms with Gasteiger partial charge in [0.05, 0.1) is 12.0 Å². The molecule has 2 saturated heterocycles. The number of aromatic nitrogens is 2. The number of hydrogen-bond acceptors (Lipinski definition) is 6. The van der Waals surface area contributed by atoms with Crippen LogP contribution in [0.25, 0.3) is 10.6 Å². The van der Waals surface area contributed by atoms with Crippen LogP contribution in [0.15, 0.2) is 54.0 Å². The molecular formula is C27H33N5O3S. The van der Waals surface area contributed by atoms with Crippen molar-refractivity contribution in [2.75, 3.05) is 33.3 Å². The van der Waals surface area contributed by atoms with Gasteiger partial charge in [0.25, 0.3) is 0 Å². The second kappa shape index (κ2) is 10.8. The third-order valence-corrected chi connectivity index (χ3v) is 8.22. The number of hydrogen-bond donors (Lipinski definition) is 2. The minimum Gasteiger partial charge on any atom is -0.496 e. The summed E-state index contributed by atoms with van der Waals surface area (Å²) in [6, 6.07) is 14.0. The highest BCUT2D eigenvalue weighted by Gasteiger charge is 2.44. The Kier molecular flexibility index (Phi) is 7.38. The van der Waals surface area contributed by atoms with Crippen molar-refractivity contribution in [2.45, 2.75) is 43.7 Å². The van der Waals surface area contributed by atoms with Gasteiger partial charge in [-0.3, -0.25) is 14.3 Å². The van der Waals surface area contributed by atoms with Crippen LogP contribution < -0.4 is 15.4 Å². The van der Waals surface area contributed by atoms with E-state index in [9.17, 15) is 9.59 Å². The second-order valence-corrected chi connectivity index (χ2v) is 10.5. The zero-order valence-corrected chi connectivity index (χ0v) is 21.4. The van der Waals surface area contributed by atoms with Crippen LogP contribution in [-0.4, -0.2) is 65.3 Å². The monoisotopic (exact) mass is 507 g/mol. The van der Waals surface area contributed by atoms with Crippen molar-refractivity contribution in [1.29, 1.82) is 0 Å². The Morgan fingerprint density at radius 1 is 1.14 bits per heavy atom. The molecule has 2 aromatic heterocycles. The fourth-order valence-corrected chi connectivity index (χ4v) is 6.10. The molecule has 2 aliphatic heterocycles. The molecule has 3 aromatic rings. The van der Waals surface area contributed by atoms with Crippen LogP contribution in [0, 0.1) is 0 Å². The van der Waals surface area contributed by atoms with Crippen molar-refractivity contribution in [3.05, 3.63) is 59.6 Å². The van der Waals surface area contributed by atoms with Crippen LogP contribution in [-0.2, 0) is 16.1 Å². The fraction of sp³-hybridized carbons (Fsp3) is 0.444. The molecule has 0 radical (unpaired) electrons. The van der Waals surface area contributed by atoms with E-state index in [0.717, 1.165) is 29.2 Å². The van der Waals surface area contributed by atoms with E-state index in [1.807, 2.05) is 52.9 Å². The molecule has 8 nitrogen and oxygen atoms in total. The summed E-state index contributed by atoms with van der Waals surface area (Å²) in [5.74, 6) is 1.12. The Labute approximate surface area is 215 Å². The number of piperidine rings is 2. The summed E-state index contributed by atoms with van der Waals surface area (Å²) in [6.45, 7) is 2.84. The summed E-state index contributed by atoms with van der Waals surface area (Å²) in [5.41, 5.74) is 1.19. The van der Waals surface area contributed by atoms with Crippen molar-refractivity contribution in [1.82, 2.24) is 25.3 Å². The summed E-state index contributed by atoms with van der Waals surface area (Å²) >= 11 is 1.62. The lowest BCUT2D eigenvalue weighted by atomic mass is 9.84. The quantitative estimate of drug-likeness (QED) is 0.513. The van der Waals surface area contributed by atoms with Gasteiger partial charge in [-0.15, -0.1) is 11.3 Å². The van der Waals surface area contributed by atoms with Crippen LogP contribution in [0.2, 0.25) is 0 Å². The number of thiophene rings is 1. The molecule has 4 heterocycles. The summed E-state index contributed by atoms with van der Waals surface area (Å²) in [5, 5.41) is 13.0. The Bertz CT molecular complexity index is 1180. The Balaban J connectivity index is 1.24. The highest BCUT2D eigenvalue weighted by Crippen LogP contribution is 2.35. The van der Waals surface area contributed by atoms with Gasteiger partial charge in [-0.1, -0.05) is 24.3 Å². The van der Waals surface area contributed by atoms with E-state index < -0.39 is 5.54 Å². The minimum absolute atomic E-state index is 0.0376. The average molecular weight is 508 g/mol. The van der Waals surface area contributed by atoms with Crippen LogP contribution in [0.1, 0.15) is 37.2 Å². The van der Waals surface area contributed by atoms with Gasteiger partial charge in [-0.05, 0) is 73.8 Å². The van der Waals surface area contributed by atoms with E-state index in [1.165, 1.54) is 5.56 Å². The van der Waals surface area contributed by atoms with E-state index >= 15 is 0 Å². The standard InChI is InChI=1S/C27H33N5O3S/c1-35-23-6-3-2-5-21(23)20-8-15-31(16-9-20)26(34)27(11-13-28-14-12-27)29-25(33)19-32-17-10-22(30-32)24-7-4-18-36-24/h2-7,10,17-18,20,28H,8-9,11-16,19H2,1H3,(H,29,33). The highest BCUT2D eigenvalue weighted by atomic mass is 32.1. The Hall–Kier alpha value is -3.17. The van der Waals surface area contributed by atoms with Crippen LogP contribution in [0.4, 0.5) is 0 Å².